The number of piperidine rings is 1. The van der Waals surface area contributed by atoms with Gasteiger partial charge >= 0.3 is 0 Å². The number of sulfonamides is 1. The molecule has 1 saturated heterocycles. The lowest BCUT2D eigenvalue weighted by atomic mass is 9.97. The van der Waals surface area contributed by atoms with Crippen LogP contribution in [0.2, 0.25) is 0 Å². The Morgan fingerprint density at radius 3 is 2.25 bits per heavy atom. The summed E-state index contributed by atoms with van der Waals surface area (Å²) in [7, 11) is -0.587. The third-order valence-corrected chi connectivity index (χ3v) is 6.89. The lowest BCUT2D eigenvalue weighted by Gasteiger charge is -2.39. The van der Waals surface area contributed by atoms with E-state index in [0.717, 1.165) is 19.3 Å². The first-order chi connectivity index (χ1) is 11.1. The summed E-state index contributed by atoms with van der Waals surface area (Å²) >= 11 is 0. The van der Waals surface area contributed by atoms with E-state index in [1.165, 1.54) is 23.1 Å². The van der Waals surface area contributed by atoms with Crippen molar-refractivity contribution >= 4 is 15.9 Å². The molecule has 24 heavy (non-hydrogen) atoms. The number of amides is 1. The van der Waals surface area contributed by atoms with Crippen molar-refractivity contribution in [1.29, 1.82) is 0 Å². The molecule has 1 aromatic rings. The second kappa shape index (κ2) is 6.84. The molecule has 0 saturated carbocycles. The highest BCUT2D eigenvalue weighted by molar-refractivity contribution is 7.89. The number of aromatic nitrogens is 2. The zero-order chi connectivity index (χ0) is 18.2. The van der Waals surface area contributed by atoms with Crippen LogP contribution in [0.3, 0.4) is 0 Å². The maximum atomic E-state index is 12.7. The molecular formula is C16H28N4O3S. The monoisotopic (exact) mass is 356 g/mol. The Bertz CT molecular complexity index is 714. The molecule has 0 spiro atoms. The normalized spacial score (nSPS) is 22.2. The van der Waals surface area contributed by atoms with E-state index in [-0.39, 0.29) is 29.4 Å². The summed E-state index contributed by atoms with van der Waals surface area (Å²) in [5.41, 5.74) is 0.931. The van der Waals surface area contributed by atoms with Crippen LogP contribution in [-0.2, 0) is 21.4 Å². The van der Waals surface area contributed by atoms with Gasteiger partial charge in [0.25, 0.3) is 0 Å². The molecule has 0 aromatic carbocycles. The lowest BCUT2D eigenvalue weighted by Crippen LogP contribution is -2.48. The molecule has 2 heterocycles. The van der Waals surface area contributed by atoms with Gasteiger partial charge in [-0.1, -0.05) is 0 Å². The van der Waals surface area contributed by atoms with Gasteiger partial charge in [-0.05, 0) is 47.0 Å². The van der Waals surface area contributed by atoms with Crippen molar-refractivity contribution in [3.05, 3.63) is 11.4 Å². The number of rotatable bonds is 4. The summed E-state index contributed by atoms with van der Waals surface area (Å²) in [6.45, 7) is 7.57. The van der Waals surface area contributed by atoms with Crippen LogP contribution in [0.25, 0.3) is 0 Å². The Balaban J connectivity index is 2.30. The van der Waals surface area contributed by atoms with Crippen molar-refractivity contribution < 1.29 is 13.2 Å². The van der Waals surface area contributed by atoms with Gasteiger partial charge in [0.1, 0.15) is 11.4 Å². The minimum Gasteiger partial charge on any atom is -0.336 e. The van der Waals surface area contributed by atoms with Crippen LogP contribution >= 0.6 is 0 Å². The Hall–Kier alpha value is -1.41. The minimum absolute atomic E-state index is 0.00546. The van der Waals surface area contributed by atoms with Crippen LogP contribution in [0.4, 0.5) is 0 Å². The van der Waals surface area contributed by atoms with Gasteiger partial charge in [-0.15, -0.1) is 0 Å². The molecule has 7 nitrogen and oxygen atoms in total. The zero-order valence-corrected chi connectivity index (χ0v) is 16.2. The van der Waals surface area contributed by atoms with E-state index >= 15 is 0 Å². The summed E-state index contributed by atoms with van der Waals surface area (Å²) < 4.78 is 27.6. The summed E-state index contributed by atoms with van der Waals surface area (Å²) in [6.07, 6.45) is 3.15. The van der Waals surface area contributed by atoms with Crippen LogP contribution in [0, 0.1) is 13.8 Å². The molecule has 8 heteroatoms. The van der Waals surface area contributed by atoms with Gasteiger partial charge in [-0.25, -0.2) is 12.7 Å². The van der Waals surface area contributed by atoms with Crippen molar-refractivity contribution in [2.45, 2.75) is 70.5 Å². The molecule has 136 valence electrons. The summed E-state index contributed by atoms with van der Waals surface area (Å²) in [5.74, 6) is -0.00546. The number of hydrogen-bond acceptors (Lipinski definition) is 4. The number of likely N-dealkylation sites (tertiary alicyclic amines) is 1. The van der Waals surface area contributed by atoms with Crippen LogP contribution in [0.5, 0.6) is 0 Å². The quantitative estimate of drug-likeness (QED) is 0.820. The summed E-state index contributed by atoms with van der Waals surface area (Å²) in [4.78, 5) is 14.9. The maximum Gasteiger partial charge on any atom is 0.246 e. The fraction of sp³-hybridized carbons (Fsp3) is 0.750. The van der Waals surface area contributed by atoms with E-state index in [0.29, 0.717) is 11.4 Å². The van der Waals surface area contributed by atoms with Gasteiger partial charge in [0.15, 0.2) is 0 Å². The average Bonchev–Trinajstić information content (AvgIpc) is 2.73. The van der Waals surface area contributed by atoms with Crippen molar-refractivity contribution in [1.82, 2.24) is 19.0 Å². The third-order valence-electron chi connectivity index (χ3n) is 4.82. The highest BCUT2D eigenvalue weighted by Gasteiger charge is 2.31. The second-order valence-electron chi connectivity index (χ2n) is 6.87. The molecule has 1 aliphatic rings. The van der Waals surface area contributed by atoms with Gasteiger partial charge in [0.2, 0.25) is 15.9 Å². The van der Waals surface area contributed by atoms with Crippen LogP contribution in [0.15, 0.2) is 4.90 Å². The standard InChI is InChI=1S/C16H28N4O3S/c1-11-8-7-9-12(2)20(11)15(21)10-19-14(4)16(13(3)17-19)24(22,23)18(5)6/h11-12H,7-10H2,1-6H3/t11-,12+. The molecule has 1 fully saturated rings. The van der Waals surface area contributed by atoms with Crippen LogP contribution < -0.4 is 0 Å². The predicted molar refractivity (Wildman–Crippen MR) is 92.2 cm³/mol. The number of nitrogens with zero attached hydrogens (tertiary/aromatic N) is 4. The molecule has 0 unspecified atom stereocenters. The summed E-state index contributed by atoms with van der Waals surface area (Å²) in [5, 5.41) is 4.31. The van der Waals surface area contributed by atoms with Gasteiger partial charge in [0.05, 0.1) is 11.4 Å². The van der Waals surface area contributed by atoms with E-state index in [1.54, 1.807) is 13.8 Å². The first kappa shape index (κ1) is 18.9. The van der Waals surface area contributed by atoms with Gasteiger partial charge < -0.3 is 4.90 Å². The molecule has 1 amide bonds. The lowest BCUT2D eigenvalue weighted by molar-refractivity contribution is -0.138. The highest BCUT2D eigenvalue weighted by atomic mass is 32.2. The van der Waals surface area contributed by atoms with E-state index in [2.05, 4.69) is 18.9 Å². The molecule has 2 rings (SSSR count). The van der Waals surface area contributed by atoms with Crippen molar-refractivity contribution in [3.8, 4) is 0 Å². The van der Waals surface area contributed by atoms with Gasteiger partial charge in [0, 0.05) is 26.2 Å². The number of carbonyl (C=O) groups is 1. The fourth-order valence-corrected chi connectivity index (χ4v) is 4.77. The summed E-state index contributed by atoms with van der Waals surface area (Å²) in [6, 6.07) is 0.423. The predicted octanol–water partition coefficient (Wildman–Crippen LogP) is 1.54. The van der Waals surface area contributed by atoms with E-state index in [9.17, 15) is 13.2 Å². The first-order valence-corrected chi connectivity index (χ1v) is 9.79. The Morgan fingerprint density at radius 2 is 1.75 bits per heavy atom. The number of aryl methyl sites for hydroxylation is 1. The van der Waals surface area contributed by atoms with Crippen molar-refractivity contribution in [2.75, 3.05) is 14.1 Å². The van der Waals surface area contributed by atoms with Crippen LogP contribution in [-0.4, -0.2) is 59.5 Å². The van der Waals surface area contributed by atoms with E-state index < -0.39 is 10.0 Å². The first-order valence-electron chi connectivity index (χ1n) is 8.35. The Morgan fingerprint density at radius 1 is 1.21 bits per heavy atom. The number of carbonyl (C=O) groups excluding carboxylic acids is 1. The molecule has 0 radical (unpaired) electrons. The fourth-order valence-electron chi connectivity index (χ4n) is 3.51. The third kappa shape index (κ3) is 3.35. The van der Waals surface area contributed by atoms with Crippen LogP contribution in [0.1, 0.15) is 44.5 Å². The van der Waals surface area contributed by atoms with Crippen molar-refractivity contribution in [2.24, 2.45) is 0 Å². The average molecular weight is 356 g/mol. The molecule has 2 atom stereocenters. The Labute approximate surface area is 144 Å². The van der Waals surface area contributed by atoms with Gasteiger partial charge in [-0.2, -0.15) is 5.10 Å². The molecular weight excluding hydrogens is 328 g/mol. The smallest absolute Gasteiger partial charge is 0.246 e. The molecule has 0 N–H and O–H groups in total. The number of hydrogen-bond donors (Lipinski definition) is 0. The highest BCUT2D eigenvalue weighted by Crippen LogP contribution is 2.25. The van der Waals surface area contributed by atoms with E-state index in [1.807, 2.05) is 4.90 Å². The molecule has 0 aliphatic carbocycles. The van der Waals surface area contributed by atoms with E-state index in [4.69, 9.17) is 0 Å². The topological polar surface area (TPSA) is 75.5 Å². The zero-order valence-electron chi connectivity index (χ0n) is 15.4. The minimum atomic E-state index is -3.57. The second-order valence-corrected chi connectivity index (χ2v) is 8.96. The van der Waals surface area contributed by atoms with Gasteiger partial charge in [-0.3, -0.25) is 9.48 Å². The maximum absolute atomic E-state index is 12.7. The Kier molecular flexibility index (Phi) is 5.39. The van der Waals surface area contributed by atoms with Crippen molar-refractivity contribution in [3.63, 3.8) is 0 Å². The SMILES string of the molecule is Cc1nn(CC(=O)N2[C@H](C)CCC[C@@H]2C)c(C)c1S(=O)(=O)N(C)C. The molecule has 1 aliphatic heterocycles. The molecule has 1 aromatic heterocycles. The molecule has 0 bridgehead atoms. The largest absolute Gasteiger partial charge is 0.336 e.